The summed E-state index contributed by atoms with van der Waals surface area (Å²) in [5, 5.41) is 10.9. The quantitative estimate of drug-likeness (QED) is 0.533. The number of para-hydroxylation sites is 1. The molecule has 110 valence electrons. The van der Waals surface area contributed by atoms with Crippen LogP contribution in [0.5, 0.6) is 0 Å². The minimum absolute atomic E-state index is 0.690. The molecule has 4 rings (SSSR count). The zero-order chi connectivity index (χ0) is 15.1. The molecule has 0 aliphatic heterocycles. The van der Waals surface area contributed by atoms with Crippen LogP contribution in [0, 0.1) is 0 Å². The summed E-state index contributed by atoms with van der Waals surface area (Å²) in [7, 11) is 3.88. The zero-order valence-corrected chi connectivity index (χ0v) is 13.5. The van der Waals surface area contributed by atoms with E-state index in [4.69, 9.17) is 4.42 Å². The van der Waals surface area contributed by atoms with Gasteiger partial charge in [0.15, 0.2) is 9.92 Å². The number of fused-ring (bicyclic) bond motifs is 3. The van der Waals surface area contributed by atoms with Gasteiger partial charge in [-0.2, -0.15) is 0 Å². The molecule has 0 saturated heterocycles. The van der Waals surface area contributed by atoms with Crippen molar-refractivity contribution >= 4 is 50.3 Å². The fourth-order valence-electron chi connectivity index (χ4n) is 2.08. The van der Waals surface area contributed by atoms with E-state index in [1.807, 2.05) is 43.3 Å². The number of hydrogen-bond acceptors (Lipinski definition) is 8. The van der Waals surface area contributed by atoms with Gasteiger partial charge in [0, 0.05) is 19.5 Å². The first-order chi connectivity index (χ1) is 10.7. The van der Waals surface area contributed by atoms with Crippen LogP contribution in [-0.2, 0) is 0 Å². The molecule has 3 aromatic heterocycles. The highest BCUT2D eigenvalue weighted by Gasteiger charge is 2.16. The van der Waals surface area contributed by atoms with Crippen molar-refractivity contribution in [3.63, 3.8) is 0 Å². The van der Waals surface area contributed by atoms with Gasteiger partial charge < -0.3 is 9.32 Å². The molecule has 0 bridgehead atoms. The molecule has 0 fully saturated rings. The second-order valence-corrected chi connectivity index (χ2v) is 6.99. The Morgan fingerprint density at radius 1 is 1.14 bits per heavy atom. The minimum atomic E-state index is 0.690. The van der Waals surface area contributed by atoms with Crippen molar-refractivity contribution in [3.8, 4) is 0 Å². The van der Waals surface area contributed by atoms with Crippen molar-refractivity contribution in [1.29, 1.82) is 0 Å². The molecule has 6 nitrogen and oxygen atoms in total. The number of benzene rings is 1. The summed E-state index contributed by atoms with van der Waals surface area (Å²) in [6, 6.07) is 7.84. The molecule has 0 spiro atoms. The van der Waals surface area contributed by atoms with Crippen molar-refractivity contribution in [2.75, 3.05) is 19.0 Å². The zero-order valence-electron chi connectivity index (χ0n) is 11.8. The van der Waals surface area contributed by atoms with E-state index in [2.05, 4.69) is 20.2 Å². The Morgan fingerprint density at radius 3 is 2.82 bits per heavy atom. The molecule has 0 atom stereocenters. The number of anilines is 1. The fraction of sp³-hybridized carbons (Fsp3) is 0.143. The molecule has 8 heteroatoms. The Labute approximate surface area is 134 Å². The summed E-state index contributed by atoms with van der Waals surface area (Å²) in [5.74, 6) is 0. The van der Waals surface area contributed by atoms with Gasteiger partial charge in [-0.3, -0.25) is 0 Å². The monoisotopic (exact) mass is 329 g/mol. The van der Waals surface area contributed by atoms with Crippen LogP contribution < -0.4 is 4.90 Å². The number of furan rings is 1. The van der Waals surface area contributed by atoms with Gasteiger partial charge in [0.2, 0.25) is 5.13 Å². The van der Waals surface area contributed by atoms with Crippen LogP contribution in [-0.4, -0.2) is 34.3 Å². The second kappa shape index (κ2) is 5.22. The lowest BCUT2D eigenvalue weighted by atomic mass is 10.2. The van der Waals surface area contributed by atoms with E-state index < -0.39 is 0 Å². The summed E-state index contributed by atoms with van der Waals surface area (Å²) in [6.07, 6.45) is 1.56. The van der Waals surface area contributed by atoms with Crippen molar-refractivity contribution in [2.45, 2.75) is 9.37 Å². The van der Waals surface area contributed by atoms with Crippen molar-refractivity contribution in [1.82, 2.24) is 20.2 Å². The number of rotatable bonds is 3. The van der Waals surface area contributed by atoms with Gasteiger partial charge in [-0.05, 0) is 23.9 Å². The van der Waals surface area contributed by atoms with Crippen LogP contribution in [0.25, 0.3) is 22.1 Å². The van der Waals surface area contributed by atoms with E-state index in [1.54, 1.807) is 6.33 Å². The van der Waals surface area contributed by atoms with E-state index in [0.29, 0.717) is 5.58 Å². The van der Waals surface area contributed by atoms with Gasteiger partial charge >= 0.3 is 0 Å². The van der Waals surface area contributed by atoms with Gasteiger partial charge in [0.05, 0.1) is 0 Å². The summed E-state index contributed by atoms with van der Waals surface area (Å²) >= 11 is 2.96. The summed E-state index contributed by atoms with van der Waals surface area (Å²) in [4.78, 5) is 10.6. The molecule has 0 N–H and O–H groups in total. The molecule has 1 aromatic carbocycles. The van der Waals surface area contributed by atoms with Gasteiger partial charge in [0.1, 0.15) is 22.5 Å². The standard InChI is InChI=1S/C14H11N5OS2/c1-19(2)13-17-18-14(22-13)21-12-11-10(15-7-16-12)8-5-3-4-6-9(8)20-11/h3-7H,1-2H3. The summed E-state index contributed by atoms with van der Waals surface area (Å²) in [6.45, 7) is 0. The van der Waals surface area contributed by atoms with E-state index in [-0.39, 0.29) is 0 Å². The van der Waals surface area contributed by atoms with Crippen LogP contribution in [0.15, 0.2) is 44.4 Å². The first-order valence-corrected chi connectivity index (χ1v) is 8.16. The van der Waals surface area contributed by atoms with Gasteiger partial charge in [-0.25, -0.2) is 9.97 Å². The van der Waals surface area contributed by atoms with Crippen LogP contribution in [0.4, 0.5) is 5.13 Å². The van der Waals surface area contributed by atoms with Crippen molar-refractivity contribution < 1.29 is 4.42 Å². The highest BCUT2D eigenvalue weighted by Crippen LogP contribution is 2.37. The molecule has 22 heavy (non-hydrogen) atoms. The first kappa shape index (κ1) is 13.5. The van der Waals surface area contributed by atoms with Crippen LogP contribution >= 0.6 is 23.1 Å². The number of aromatic nitrogens is 4. The lowest BCUT2D eigenvalue weighted by Gasteiger charge is -2.03. The highest BCUT2D eigenvalue weighted by molar-refractivity contribution is 8.01. The normalized spacial score (nSPS) is 11.4. The SMILES string of the molecule is CN(C)c1nnc(Sc2ncnc3c2oc2ccccc23)s1. The third-order valence-electron chi connectivity index (χ3n) is 3.09. The topological polar surface area (TPSA) is 67.9 Å². The first-order valence-electron chi connectivity index (χ1n) is 6.53. The highest BCUT2D eigenvalue weighted by atomic mass is 32.2. The van der Waals surface area contributed by atoms with E-state index in [1.165, 1.54) is 23.1 Å². The largest absolute Gasteiger partial charge is 0.451 e. The molecule has 0 amide bonds. The molecule has 0 radical (unpaired) electrons. The van der Waals surface area contributed by atoms with E-state index >= 15 is 0 Å². The van der Waals surface area contributed by atoms with Gasteiger partial charge in [-0.1, -0.05) is 23.5 Å². The molecule has 0 aliphatic carbocycles. The summed E-state index contributed by atoms with van der Waals surface area (Å²) in [5.41, 5.74) is 2.33. The lowest BCUT2D eigenvalue weighted by Crippen LogP contribution is -2.07. The fourth-order valence-corrected chi connectivity index (χ4v) is 3.79. The molecular weight excluding hydrogens is 318 g/mol. The minimum Gasteiger partial charge on any atom is -0.451 e. The molecule has 4 aromatic rings. The molecular formula is C14H11N5OS2. The second-order valence-electron chi connectivity index (χ2n) is 4.80. The lowest BCUT2D eigenvalue weighted by molar-refractivity contribution is 0.653. The smallest absolute Gasteiger partial charge is 0.208 e. The Kier molecular flexibility index (Phi) is 3.20. The summed E-state index contributed by atoms with van der Waals surface area (Å²) < 4.78 is 6.73. The molecule has 0 saturated carbocycles. The average Bonchev–Trinajstić information content (AvgIpc) is 3.12. The molecule has 0 aliphatic rings. The Bertz CT molecular complexity index is 962. The average molecular weight is 329 g/mol. The maximum absolute atomic E-state index is 5.91. The Hall–Kier alpha value is -2.19. The van der Waals surface area contributed by atoms with Gasteiger partial charge in [-0.15, -0.1) is 10.2 Å². The predicted molar refractivity (Wildman–Crippen MR) is 87.7 cm³/mol. The van der Waals surface area contributed by atoms with Crippen LogP contribution in [0.2, 0.25) is 0 Å². The van der Waals surface area contributed by atoms with Crippen molar-refractivity contribution in [2.24, 2.45) is 0 Å². The molecule has 0 unspecified atom stereocenters. The Morgan fingerprint density at radius 2 is 2.00 bits per heavy atom. The van der Waals surface area contributed by atoms with Crippen LogP contribution in [0.1, 0.15) is 0 Å². The molecule has 3 heterocycles. The van der Waals surface area contributed by atoms with E-state index in [0.717, 1.165) is 31.0 Å². The predicted octanol–water partition coefficient (Wildman–Crippen LogP) is 3.44. The third-order valence-corrected chi connectivity index (χ3v) is 5.21. The van der Waals surface area contributed by atoms with Crippen LogP contribution in [0.3, 0.4) is 0 Å². The number of nitrogens with zero attached hydrogens (tertiary/aromatic N) is 5. The Balaban J connectivity index is 1.80. The third kappa shape index (κ3) is 2.20. The van der Waals surface area contributed by atoms with E-state index in [9.17, 15) is 0 Å². The van der Waals surface area contributed by atoms with Gasteiger partial charge in [0.25, 0.3) is 0 Å². The maximum Gasteiger partial charge on any atom is 0.208 e. The van der Waals surface area contributed by atoms with Crippen molar-refractivity contribution in [3.05, 3.63) is 30.6 Å². The maximum atomic E-state index is 5.91. The number of hydrogen-bond donors (Lipinski definition) is 0.